The Kier molecular flexibility index (Phi) is 7.22. The van der Waals surface area contributed by atoms with Gasteiger partial charge >= 0.3 is 0 Å². The van der Waals surface area contributed by atoms with E-state index >= 15 is 0 Å². The van der Waals surface area contributed by atoms with Crippen LogP contribution in [0, 0.1) is 25.7 Å². The number of para-hydroxylation sites is 2. The van der Waals surface area contributed by atoms with Crippen molar-refractivity contribution in [1.29, 1.82) is 0 Å². The van der Waals surface area contributed by atoms with Gasteiger partial charge in [-0.05, 0) is 95.6 Å². The van der Waals surface area contributed by atoms with Crippen molar-refractivity contribution < 1.29 is 12.9 Å². The van der Waals surface area contributed by atoms with Crippen molar-refractivity contribution in [2.75, 3.05) is 6.54 Å². The van der Waals surface area contributed by atoms with Crippen molar-refractivity contribution in [3.8, 4) is 0 Å². The zero-order chi connectivity index (χ0) is 29.3. The fourth-order valence-electron chi connectivity index (χ4n) is 10.2. The highest BCUT2D eigenvalue weighted by Crippen LogP contribution is 2.48. The molecule has 8 nitrogen and oxygen atoms in total. The Labute approximate surface area is 256 Å². The van der Waals surface area contributed by atoms with Crippen LogP contribution in [0.25, 0.3) is 11.0 Å². The second-order valence-electron chi connectivity index (χ2n) is 14.4. The van der Waals surface area contributed by atoms with E-state index in [1.165, 1.54) is 64.2 Å². The van der Waals surface area contributed by atoms with Gasteiger partial charge in [0.05, 0.1) is 17.1 Å². The van der Waals surface area contributed by atoms with E-state index in [4.69, 9.17) is 9.51 Å². The van der Waals surface area contributed by atoms with Crippen molar-refractivity contribution in [2.24, 2.45) is 11.8 Å². The molecule has 0 amide bonds. The number of aryl methyl sites for hydroxylation is 2. The molecule has 1 aromatic carbocycles. The topological polar surface area (TPSA) is 84.5 Å². The average Bonchev–Trinajstić information content (AvgIpc) is 3.69. The maximum Gasteiger partial charge on any atom is 0.249 e. The Balaban J connectivity index is 1.14. The third-order valence-corrected chi connectivity index (χ3v) is 14.0. The smallest absolute Gasteiger partial charge is 0.249 e. The Hall–Kier alpha value is -2.23. The lowest BCUT2D eigenvalue weighted by Crippen LogP contribution is -2.58. The first kappa shape index (κ1) is 28.3. The summed E-state index contributed by atoms with van der Waals surface area (Å²) in [6.07, 6.45) is 17.8. The minimum Gasteiger partial charge on any atom is -0.360 e. The lowest BCUT2D eigenvalue weighted by atomic mass is 9.73. The summed E-state index contributed by atoms with van der Waals surface area (Å²) in [6, 6.07) is 10.5. The van der Waals surface area contributed by atoms with Gasteiger partial charge in [0.2, 0.25) is 10.0 Å². The normalized spacial score (nSPS) is 34.0. The van der Waals surface area contributed by atoms with Crippen LogP contribution in [-0.2, 0) is 10.0 Å². The monoisotopic (exact) mass is 605 g/mol. The zero-order valence-corrected chi connectivity index (χ0v) is 26.6. The van der Waals surface area contributed by atoms with E-state index in [0.29, 0.717) is 36.1 Å². The molecule has 2 saturated carbocycles. The van der Waals surface area contributed by atoms with Crippen LogP contribution in [0.3, 0.4) is 0 Å². The number of fused-ring (bicyclic) bond motifs is 5. The number of benzene rings is 1. The molecule has 2 aliphatic carbocycles. The SMILES string of the molecule is Cc1noc(C)c1S(=O)(=O)N1CCCC1c1nc2ccccc2n1C1C[C@H]2CCC[C@@H](C1)N2C1C[C@H]2CCCC[C@@H](C1)C2. The number of hydrogen-bond donors (Lipinski definition) is 0. The van der Waals surface area contributed by atoms with Crippen molar-refractivity contribution in [2.45, 2.75) is 139 Å². The number of piperidine rings is 2. The molecule has 5 fully saturated rings. The summed E-state index contributed by atoms with van der Waals surface area (Å²) >= 11 is 0. The molecule has 4 bridgehead atoms. The summed E-state index contributed by atoms with van der Waals surface area (Å²) in [7, 11) is -3.77. The molecular weight excluding hydrogens is 558 g/mol. The maximum absolute atomic E-state index is 14.1. The second kappa shape index (κ2) is 11.0. The Bertz CT molecular complexity index is 1550. The van der Waals surface area contributed by atoms with E-state index < -0.39 is 10.0 Å². The second-order valence-corrected chi connectivity index (χ2v) is 16.3. The van der Waals surface area contributed by atoms with E-state index in [1.807, 2.05) is 0 Å². The number of nitrogens with zero attached hydrogens (tertiary/aromatic N) is 5. The minimum absolute atomic E-state index is 0.220. The molecular formula is C34H47N5O3S. The Morgan fingerprint density at radius 1 is 0.791 bits per heavy atom. The van der Waals surface area contributed by atoms with Gasteiger partial charge in [-0.15, -0.1) is 0 Å². The predicted molar refractivity (Wildman–Crippen MR) is 166 cm³/mol. The summed E-state index contributed by atoms with van der Waals surface area (Å²) in [4.78, 5) is 8.46. The van der Waals surface area contributed by atoms with Crippen LogP contribution in [0.5, 0.6) is 0 Å². The van der Waals surface area contributed by atoms with Crippen molar-refractivity contribution in [3.05, 3.63) is 41.5 Å². The van der Waals surface area contributed by atoms with Crippen LogP contribution < -0.4 is 0 Å². The van der Waals surface area contributed by atoms with Gasteiger partial charge < -0.3 is 9.09 Å². The summed E-state index contributed by atoms with van der Waals surface area (Å²) in [6.45, 7) is 3.91. The van der Waals surface area contributed by atoms with Gasteiger partial charge in [-0.1, -0.05) is 49.4 Å². The van der Waals surface area contributed by atoms with Crippen molar-refractivity contribution >= 4 is 21.1 Å². The molecule has 43 heavy (non-hydrogen) atoms. The average molecular weight is 606 g/mol. The highest BCUT2D eigenvalue weighted by atomic mass is 32.2. The molecule has 0 N–H and O–H groups in total. The number of rotatable bonds is 5. The molecule has 5 heterocycles. The fraction of sp³-hybridized carbons (Fsp3) is 0.706. The van der Waals surface area contributed by atoms with Crippen LogP contribution in [0.15, 0.2) is 33.7 Å². The van der Waals surface area contributed by atoms with Gasteiger partial charge in [0, 0.05) is 30.7 Å². The van der Waals surface area contributed by atoms with Gasteiger partial charge in [0.15, 0.2) is 5.76 Å². The maximum atomic E-state index is 14.1. The number of aromatic nitrogens is 3. The van der Waals surface area contributed by atoms with E-state index in [1.54, 1.807) is 18.2 Å². The molecule has 2 aromatic heterocycles. The molecule has 9 heteroatoms. The predicted octanol–water partition coefficient (Wildman–Crippen LogP) is 7.08. The Morgan fingerprint density at radius 3 is 2.21 bits per heavy atom. The van der Waals surface area contributed by atoms with Crippen LogP contribution in [0.4, 0.5) is 0 Å². The standard InChI is InChI=1S/C34H47N5O3S/c1-22-33(23(2)42-36-22)43(40,41)37-16-8-15-32(37)34-35-30-13-5-6-14-31(30)39(34)29-20-26-11-7-12-27(21-29)38(26)28-18-24-9-3-4-10-25(17-24)19-28/h5-6,13-14,24-29,32H,3-4,7-12,15-21H2,1-2H3/t24-,25+,26-,27+,28?,29?,32?. The molecule has 0 spiro atoms. The first-order valence-corrected chi connectivity index (χ1v) is 18.5. The molecule has 3 aromatic rings. The number of imidazole rings is 1. The third kappa shape index (κ3) is 4.80. The minimum atomic E-state index is -3.77. The molecule has 3 aliphatic heterocycles. The summed E-state index contributed by atoms with van der Waals surface area (Å²) in [5.74, 6) is 3.15. The molecule has 7 atom stereocenters. The fourth-order valence-corrected chi connectivity index (χ4v) is 12.2. The molecule has 5 aliphatic rings. The van der Waals surface area contributed by atoms with E-state index in [-0.39, 0.29) is 10.9 Å². The van der Waals surface area contributed by atoms with Crippen molar-refractivity contribution in [1.82, 2.24) is 23.9 Å². The summed E-state index contributed by atoms with van der Waals surface area (Å²) < 4.78 is 37.7. The first-order valence-electron chi connectivity index (χ1n) is 17.1. The van der Waals surface area contributed by atoms with Gasteiger partial charge in [-0.25, -0.2) is 13.4 Å². The first-order chi connectivity index (χ1) is 20.9. The summed E-state index contributed by atoms with van der Waals surface area (Å²) in [5.41, 5.74) is 2.56. The molecule has 232 valence electrons. The Morgan fingerprint density at radius 2 is 1.51 bits per heavy atom. The number of hydrogen-bond acceptors (Lipinski definition) is 6. The van der Waals surface area contributed by atoms with E-state index in [9.17, 15) is 8.42 Å². The highest BCUT2D eigenvalue weighted by molar-refractivity contribution is 7.89. The quantitative estimate of drug-likeness (QED) is 0.309. The van der Waals surface area contributed by atoms with Crippen molar-refractivity contribution in [3.63, 3.8) is 0 Å². The van der Waals surface area contributed by atoms with Gasteiger partial charge in [-0.2, -0.15) is 4.31 Å². The zero-order valence-electron chi connectivity index (χ0n) is 25.8. The molecule has 3 saturated heterocycles. The third-order valence-electron chi connectivity index (χ3n) is 11.8. The largest absolute Gasteiger partial charge is 0.360 e. The lowest BCUT2D eigenvalue weighted by Gasteiger charge is -2.54. The van der Waals surface area contributed by atoms with Gasteiger partial charge in [0.1, 0.15) is 16.4 Å². The van der Waals surface area contributed by atoms with Gasteiger partial charge in [-0.3, -0.25) is 4.90 Å². The van der Waals surface area contributed by atoms with Crippen LogP contribution >= 0.6 is 0 Å². The number of sulfonamides is 1. The van der Waals surface area contributed by atoms with E-state index in [2.05, 4.69) is 38.9 Å². The molecule has 3 unspecified atom stereocenters. The van der Waals surface area contributed by atoms with Crippen LogP contribution in [0.2, 0.25) is 0 Å². The van der Waals surface area contributed by atoms with E-state index in [0.717, 1.165) is 60.4 Å². The lowest BCUT2D eigenvalue weighted by molar-refractivity contribution is -0.0422. The summed E-state index contributed by atoms with van der Waals surface area (Å²) in [5, 5.41) is 3.97. The van der Waals surface area contributed by atoms with Crippen LogP contribution in [-0.4, -0.2) is 57.0 Å². The van der Waals surface area contributed by atoms with Crippen LogP contribution in [0.1, 0.15) is 119 Å². The highest BCUT2D eigenvalue weighted by Gasteiger charge is 2.47. The molecule has 0 radical (unpaired) electrons. The van der Waals surface area contributed by atoms with Gasteiger partial charge in [0.25, 0.3) is 0 Å². The molecule has 8 rings (SSSR count).